The summed E-state index contributed by atoms with van der Waals surface area (Å²) in [6.07, 6.45) is 1.48. The molecule has 1 amide bonds. The molecule has 1 aromatic heterocycles. The average molecular weight is 241 g/mol. The maximum atomic E-state index is 11.8. The van der Waals surface area contributed by atoms with Crippen LogP contribution in [-0.4, -0.2) is 23.2 Å². The Labute approximate surface area is 100 Å². The van der Waals surface area contributed by atoms with Gasteiger partial charge < -0.3 is 10.4 Å². The molecular formula is C12H19NO2S. The molecule has 1 rings (SSSR count). The van der Waals surface area contributed by atoms with Gasteiger partial charge in [0.25, 0.3) is 5.91 Å². The second-order valence-electron chi connectivity index (χ2n) is 4.16. The molecule has 1 aromatic rings. The fraction of sp³-hybridized carbons (Fsp3) is 0.583. The second-order valence-corrected chi connectivity index (χ2v) is 5.08. The topological polar surface area (TPSA) is 49.3 Å². The fourth-order valence-electron chi connectivity index (χ4n) is 1.29. The highest BCUT2D eigenvalue weighted by Crippen LogP contribution is 2.17. The molecular weight excluding hydrogens is 222 g/mol. The minimum Gasteiger partial charge on any atom is -0.388 e. The van der Waals surface area contributed by atoms with Crippen LogP contribution in [0, 0.1) is 0 Å². The van der Waals surface area contributed by atoms with Crippen LogP contribution >= 0.6 is 11.3 Å². The van der Waals surface area contributed by atoms with Crippen LogP contribution in [0.5, 0.6) is 0 Å². The number of hydrogen-bond donors (Lipinski definition) is 2. The Kier molecular flexibility index (Phi) is 4.50. The number of rotatable bonds is 5. The zero-order chi connectivity index (χ0) is 12.2. The van der Waals surface area contributed by atoms with Crippen molar-refractivity contribution in [3.8, 4) is 0 Å². The highest BCUT2D eigenvalue weighted by molar-refractivity contribution is 7.12. The van der Waals surface area contributed by atoms with E-state index in [9.17, 15) is 9.90 Å². The van der Waals surface area contributed by atoms with Crippen LogP contribution in [0.2, 0.25) is 0 Å². The molecule has 0 spiro atoms. The molecule has 1 heterocycles. The molecule has 0 saturated heterocycles. The van der Waals surface area contributed by atoms with E-state index in [0.29, 0.717) is 13.0 Å². The molecule has 90 valence electrons. The molecule has 0 saturated carbocycles. The van der Waals surface area contributed by atoms with E-state index in [0.717, 1.165) is 16.9 Å². The number of hydrogen-bond acceptors (Lipinski definition) is 3. The lowest BCUT2D eigenvalue weighted by atomic mass is 10.0. The van der Waals surface area contributed by atoms with Crippen molar-refractivity contribution in [3.63, 3.8) is 0 Å². The highest BCUT2D eigenvalue weighted by Gasteiger charge is 2.20. The maximum absolute atomic E-state index is 11.8. The Balaban J connectivity index is 2.60. The van der Waals surface area contributed by atoms with Gasteiger partial charge in [-0.3, -0.25) is 4.79 Å². The summed E-state index contributed by atoms with van der Waals surface area (Å²) in [5.74, 6) is -0.0828. The summed E-state index contributed by atoms with van der Waals surface area (Å²) >= 11 is 1.45. The molecule has 0 aliphatic heterocycles. The van der Waals surface area contributed by atoms with Gasteiger partial charge >= 0.3 is 0 Å². The first kappa shape index (κ1) is 13.2. The molecule has 0 bridgehead atoms. The number of carbonyl (C=O) groups excluding carboxylic acids is 1. The third-order valence-electron chi connectivity index (χ3n) is 2.73. The van der Waals surface area contributed by atoms with Gasteiger partial charge in [0.05, 0.1) is 10.5 Å². The molecule has 16 heavy (non-hydrogen) atoms. The molecule has 0 aliphatic carbocycles. The first-order valence-electron chi connectivity index (χ1n) is 5.57. The number of aryl methyl sites for hydroxylation is 1. The summed E-state index contributed by atoms with van der Waals surface area (Å²) in [6.45, 7) is 5.95. The molecule has 1 atom stereocenters. The van der Waals surface area contributed by atoms with Crippen LogP contribution in [0.25, 0.3) is 0 Å². The van der Waals surface area contributed by atoms with Gasteiger partial charge in [-0.2, -0.15) is 0 Å². The van der Waals surface area contributed by atoms with E-state index in [-0.39, 0.29) is 5.91 Å². The lowest BCUT2D eigenvalue weighted by Crippen LogP contribution is -2.40. The van der Waals surface area contributed by atoms with Gasteiger partial charge in [-0.25, -0.2) is 0 Å². The van der Waals surface area contributed by atoms with E-state index in [1.807, 2.05) is 25.3 Å². The van der Waals surface area contributed by atoms with Crippen molar-refractivity contribution in [3.05, 3.63) is 21.9 Å². The third kappa shape index (κ3) is 3.32. The molecule has 1 unspecified atom stereocenters. The summed E-state index contributed by atoms with van der Waals surface area (Å²) < 4.78 is 0. The molecule has 0 aliphatic rings. The molecule has 0 fully saturated rings. The smallest absolute Gasteiger partial charge is 0.261 e. The Morgan fingerprint density at radius 1 is 1.56 bits per heavy atom. The molecule has 3 nitrogen and oxygen atoms in total. The van der Waals surface area contributed by atoms with E-state index < -0.39 is 5.60 Å². The monoisotopic (exact) mass is 241 g/mol. The quantitative estimate of drug-likeness (QED) is 0.830. The standard InChI is InChI=1S/C12H19NO2S/c1-4-9-6-7-16-10(9)11(14)13-8-12(3,15)5-2/h6-7,15H,4-5,8H2,1-3H3,(H,13,14). The summed E-state index contributed by atoms with van der Waals surface area (Å²) in [7, 11) is 0. The van der Waals surface area contributed by atoms with Crippen LogP contribution in [0.15, 0.2) is 11.4 Å². The van der Waals surface area contributed by atoms with E-state index in [1.165, 1.54) is 11.3 Å². The minimum atomic E-state index is -0.820. The van der Waals surface area contributed by atoms with E-state index in [1.54, 1.807) is 6.92 Å². The Bertz CT molecular complexity index is 358. The number of carbonyl (C=O) groups is 1. The predicted octanol–water partition coefficient (Wildman–Crippen LogP) is 2.20. The van der Waals surface area contributed by atoms with Crippen LogP contribution in [0.4, 0.5) is 0 Å². The number of aliphatic hydroxyl groups is 1. The van der Waals surface area contributed by atoms with Crippen molar-refractivity contribution in [2.24, 2.45) is 0 Å². The third-order valence-corrected chi connectivity index (χ3v) is 3.68. The first-order chi connectivity index (χ1) is 7.50. The highest BCUT2D eigenvalue weighted by atomic mass is 32.1. The predicted molar refractivity (Wildman–Crippen MR) is 66.9 cm³/mol. The van der Waals surface area contributed by atoms with E-state index in [4.69, 9.17) is 0 Å². The summed E-state index contributed by atoms with van der Waals surface area (Å²) in [5, 5.41) is 14.5. The molecule has 0 aromatic carbocycles. The average Bonchev–Trinajstić information content (AvgIpc) is 2.74. The molecule has 2 N–H and O–H groups in total. The van der Waals surface area contributed by atoms with Gasteiger partial charge in [-0.1, -0.05) is 13.8 Å². The van der Waals surface area contributed by atoms with Gasteiger partial charge in [0.15, 0.2) is 0 Å². The summed E-state index contributed by atoms with van der Waals surface area (Å²) in [6, 6.07) is 1.97. The van der Waals surface area contributed by atoms with Crippen molar-refractivity contribution in [1.29, 1.82) is 0 Å². The van der Waals surface area contributed by atoms with Gasteiger partial charge in [0, 0.05) is 6.54 Å². The molecule has 4 heteroatoms. The van der Waals surface area contributed by atoms with Crippen molar-refractivity contribution >= 4 is 17.2 Å². The van der Waals surface area contributed by atoms with Crippen LogP contribution in [0.3, 0.4) is 0 Å². The van der Waals surface area contributed by atoms with Crippen molar-refractivity contribution < 1.29 is 9.90 Å². The van der Waals surface area contributed by atoms with Crippen molar-refractivity contribution in [2.75, 3.05) is 6.54 Å². The zero-order valence-corrected chi connectivity index (χ0v) is 10.9. The lowest BCUT2D eigenvalue weighted by Gasteiger charge is -2.21. The van der Waals surface area contributed by atoms with Crippen molar-refractivity contribution in [2.45, 2.75) is 39.2 Å². The van der Waals surface area contributed by atoms with Crippen LogP contribution < -0.4 is 5.32 Å². The summed E-state index contributed by atoms with van der Waals surface area (Å²) in [5.41, 5.74) is 0.248. The van der Waals surface area contributed by atoms with E-state index >= 15 is 0 Å². The van der Waals surface area contributed by atoms with E-state index in [2.05, 4.69) is 5.32 Å². The largest absolute Gasteiger partial charge is 0.388 e. The summed E-state index contributed by atoms with van der Waals surface area (Å²) in [4.78, 5) is 12.6. The SMILES string of the molecule is CCc1ccsc1C(=O)NCC(C)(O)CC. The maximum Gasteiger partial charge on any atom is 0.261 e. The van der Waals surface area contributed by atoms with Crippen LogP contribution in [0.1, 0.15) is 42.4 Å². The minimum absolute atomic E-state index is 0.0828. The number of amides is 1. The first-order valence-corrected chi connectivity index (χ1v) is 6.45. The second kappa shape index (κ2) is 5.46. The number of nitrogens with one attached hydrogen (secondary N) is 1. The van der Waals surface area contributed by atoms with Crippen LogP contribution in [-0.2, 0) is 6.42 Å². The van der Waals surface area contributed by atoms with Gasteiger partial charge in [0.1, 0.15) is 0 Å². The number of thiophene rings is 1. The van der Waals surface area contributed by atoms with Gasteiger partial charge in [-0.05, 0) is 36.8 Å². The Morgan fingerprint density at radius 3 is 2.81 bits per heavy atom. The lowest BCUT2D eigenvalue weighted by molar-refractivity contribution is 0.0519. The normalized spacial score (nSPS) is 14.5. The van der Waals surface area contributed by atoms with Gasteiger partial charge in [-0.15, -0.1) is 11.3 Å². The van der Waals surface area contributed by atoms with Crippen molar-refractivity contribution in [1.82, 2.24) is 5.32 Å². The Hall–Kier alpha value is -0.870. The van der Waals surface area contributed by atoms with Gasteiger partial charge in [0.2, 0.25) is 0 Å². The molecule has 0 radical (unpaired) electrons. The zero-order valence-electron chi connectivity index (χ0n) is 10.0. The Morgan fingerprint density at radius 2 is 2.25 bits per heavy atom. The fourth-order valence-corrected chi connectivity index (χ4v) is 2.20.